The molecule has 166 valence electrons. The molecule has 1 aromatic carbocycles. The summed E-state index contributed by atoms with van der Waals surface area (Å²) in [5, 5.41) is 4.05. The van der Waals surface area contributed by atoms with Gasteiger partial charge in [0.2, 0.25) is 5.91 Å². The maximum atomic E-state index is 13.9. The van der Waals surface area contributed by atoms with E-state index in [-0.39, 0.29) is 17.9 Å². The lowest BCUT2D eigenvalue weighted by Crippen LogP contribution is -2.47. The molecule has 1 atom stereocenters. The van der Waals surface area contributed by atoms with Gasteiger partial charge in [-0.25, -0.2) is 4.98 Å². The van der Waals surface area contributed by atoms with Crippen LogP contribution in [0.25, 0.3) is 0 Å². The summed E-state index contributed by atoms with van der Waals surface area (Å²) >= 11 is 1.35. The molecule has 0 saturated heterocycles. The number of benzene rings is 1. The minimum absolute atomic E-state index is 0.140. The molecule has 1 aliphatic rings. The summed E-state index contributed by atoms with van der Waals surface area (Å²) in [7, 11) is 0. The third kappa shape index (κ3) is 4.88. The highest BCUT2D eigenvalue weighted by molar-refractivity contribution is 7.13. The van der Waals surface area contributed by atoms with Crippen molar-refractivity contribution >= 4 is 28.8 Å². The smallest absolute Gasteiger partial charge is 0.271 e. The Morgan fingerprint density at radius 1 is 1.06 bits per heavy atom. The van der Waals surface area contributed by atoms with Crippen molar-refractivity contribution in [3.63, 3.8) is 0 Å². The van der Waals surface area contributed by atoms with Gasteiger partial charge >= 0.3 is 0 Å². The molecule has 2 heterocycles. The second-order valence-corrected chi connectivity index (χ2v) is 9.39. The number of amides is 2. The first-order valence-corrected chi connectivity index (χ1v) is 11.9. The van der Waals surface area contributed by atoms with E-state index in [1.54, 1.807) is 23.4 Å². The first-order valence-electron chi connectivity index (χ1n) is 11.1. The zero-order chi connectivity index (χ0) is 22.5. The third-order valence-electron chi connectivity index (χ3n) is 5.81. The van der Waals surface area contributed by atoms with Crippen molar-refractivity contribution in [2.45, 2.75) is 58.0 Å². The predicted octanol–water partition coefficient (Wildman–Crippen LogP) is 4.99. The van der Waals surface area contributed by atoms with Gasteiger partial charge in [-0.2, -0.15) is 0 Å². The number of thiazole rings is 1. The Morgan fingerprint density at radius 2 is 1.81 bits per heavy atom. The van der Waals surface area contributed by atoms with Crippen molar-refractivity contribution in [1.82, 2.24) is 15.3 Å². The van der Waals surface area contributed by atoms with E-state index in [1.807, 2.05) is 50.2 Å². The fourth-order valence-electron chi connectivity index (χ4n) is 4.30. The summed E-state index contributed by atoms with van der Waals surface area (Å²) in [6.45, 7) is 3.71. The van der Waals surface area contributed by atoms with Gasteiger partial charge in [-0.1, -0.05) is 49.6 Å². The van der Waals surface area contributed by atoms with Gasteiger partial charge in [-0.15, -0.1) is 11.3 Å². The molecule has 1 N–H and O–H groups in total. The molecule has 1 fully saturated rings. The molecule has 0 unspecified atom stereocenters. The lowest BCUT2D eigenvalue weighted by atomic mass is 9.94. The lowest BCUT2D eigenvalue weighted by Gasteiger charge is -2.33. The fourth-order valence-corrected chi connectivity index (χ4v) is 5.16. The van der Waals surface area contributed by atoms with Gasteiger partial charge in [-0.3, -0.25) is 19.5 Å². The third-order valence-corrected chi connectivity index (χ3v) is 6.87. The van der Waals surface area contributed by atoms with Crippen molar-refractivity contribution in [2.75, 3.05) is 4.90 Å². The highest BCUT2D eigenvalue weighted by Crippen LogP contribution is 2.32. The van der Waals surface area contributed by atoms with Crippen LogP contribution in [0.4, 0.5) is 5.69 Å². The minimum atomic E-state index is -0.809. The standard InChI is InChI=1S/C25H28N4O2S/c1-17-23(32-18(2)27-17)25(31)29(21-14-9-15-26-16-21)22(19-10-5-3-6-11-19)24(30)28-20-12-7-4-8-13-20/h3,5-6,9-11,14-16,20,22H,4,7-8,12-13H2,1-2H3,(H,28,30)/t22-/m0/s1. The van der Waals surface area contributed by atoms with Gasteiger partial charge in [0.1, 0.15) is 10.9 Å². The number of anilines is 1. The zero-order valence-electron chi connectivity index (χ0n) is 18.5. The van der Waals surface area contributed by atoms with E-state index in [1.165, 1.54) is 17.8 Å². The van der Waals surface area contributed by atoms with Gasteiger partial charge in [0.25, 0.3) is 5.91 Å². The van der Waals surface area contributed by atoms with Crippen molar-refractivity contribution in [2.24, 2.45) is 0 Å². The Hall–Kier alpha value is -3.06. The van der Waals surface area contributed by atoms with E-state index >= 15 is 0 Å². The van der Waals surface area contributed by atoms with E-state index in [4.69, 9.17) is 0 Å². The van der Waals surface area contributed by atoms with Crippen molar-refractivity contribution < 1.29 is 9.59 Å². The average Bonchev–Trinajstić information content (AvgIpc) is 3.16. The first kappa shape index (κ1) is 22.1. The molecule has 0 aliphatic heterocycles. The molecule has 6 nitrogen and oxygen atoms in total. The summed E-state index contributed by atoms with van der Waals surface area (Å²) in [4.78, 5) is 38.4. The molecule has 2 aromatic heterocycles. The van der Waals surface area contributed by atoms with Gasteiger partial charge in [0, 0.05) is 12.2 Å². The van der Waals surface area contributed by atoms with Crippen LogP contribution in [0.1, 0.15) is 64.1 Å². The van der Waals surface area contributed by atoms with Crippen LogP contribution in [0.2, 0.25) is 0 Å². The first-order chi connectivity index (χ1) is 15.5. The van der Waals surface area contributed by atoms with E-state index in [2.05, 4.69) is 15.3 Å². The number of aromatic nitrogens is 2. The molecule has 0 bridgehead atoms. The van der Waals surface area contributed by atoms with Crippen molar-refractivity contribution in [1.29, 1.82) is 0 Å². The Bertz CT molecular complexity index is 1060. The van der Waals surface area contributed by atoms with Crippen molar-refractivity contribution in [3.8, 4) is 0 Å². The molecular formula is C25H28N4O2S. The average molecular weight is 449 g/mol. The SMILES string of the molecule is Cc1nc(C)c(C(=O)N(c2cccnc2)[C@H](C(=O)NC2CCCCC2)c2ccccc2)s1. The highest BCUT2D eigenvalue weighted by atomic mass is 32.1. The largest absolute Gasteiger partial charge is 0.351 e. The Balaban J connectivity index is 1.78. The molecule has 2 amide bonds. The van der Waals surface area contributed by atoms with Gasteiger partial charge in [0.15, 0.2) is 0 Å². The highest BCUT2D eigenvalue weighted by Gasteiger charge is 2.36. The predicted molar refractivity (Wildman–Crippen MR) is 127 cm³/mol. The number of carbonyl (C=O) groups is 2. The summed E-state index contributed by atoms with van der Waals surface area (Å²) in [5.41, 5.74) is 2.01. The Kier molecular flexibility index (Phi) is 6.95. The number of hydrogen-bond donors (Lipinski definition) is 1. The molecule has 32 heavy (non-hydrogen) atoms. The summed E-state index contributed by atoms with van der Waals surface area (Å²) in [6, 6.07) is 12.4. The van der Waals surface area contributed by atoms with Gasteiger partial charge in [-0.05, 0) is 44.4 Å². The van der Waals surface area contributed by atoms with Crippen LogP contribution in [0.3, 0.4) is 0 Å². The molecule has 7 heteroatoms. The molecule has 3 aromatic rings. The molecule has 0 radical (unpaired) electrons. The number of aryl methyl sites for hydroxylation is 2. The second-order valence-electron chi connectivity index (χ2n) is 8.19. The number of nitrogens with one attached hydrogen (secondary N) is 1. The maximum absolute atomic E-state index is 13.9. The Morgan fingerprint density at radius 3 is 2.44 bits per heavy atom. The number of carbonyl (C=O) groups excluding carboxylic acids is 2. The maximum Gasteiger partial charge on any atom is 0.271 e. The minimum Gasteiger partial charge on any atom is -0.351 e. The van der Waals surface area contributed by atoms with Crippen LogP contribution in [0, 0.1) is 13.8 Å². The molecule has 0 spiro atoms. The fraction of sp³-hybridized carbons (Fsp3) is 0.360. The topological polar surface area (TPSA) is 75.2 Å². The number of hydrogen-bond acceptors (Lipinski definition) is 5. The molecule has 1 aliphatic carbocycles. The van der Waals surface area contributed by atoms with Crippen LogP contribution in [-0.2, 0) is 4.79 Å². The Labute approximate surface area is 192 Å². The van der Waals surface area contributed by atoms with Crippen LogP contribution in [0.15, 0.2) is 54.9 Å². The molecule has 4 rings (SSSR count). The summed E-state index contributed by atoms with van der Waals surface area (Å²) < 4.78 is 0. The molecular weight excluding hydrogens is 420 g/mol. The quantitative estimate of drug-likeness (QED) is 0.576. The molecule has 1 saturated carbocycles. The van der Waals surface area contributed by atoms with Gasteiger partial charge in [0.05, 0.1) is 22.6 Å². The monoisotopic (exact) mass is 448 g/mol. The van der Waals surface area contributed by atoms with Crippen LogP contribution in [-0.4, -0.2) is 27.8 Å². The number of pyridine rings is 1. The van der Waals surface area contributed by atoms with Gasteiger partial charge < -0.3 is 5.32 Å². The second kappa shape index (κ2) is 10.0. The van der Waals surface area contributed by atoms with E-state index in [9.17, 15) is 9.59 Å². The summed E-state index contributed by atoms with van der Waals surface area (Å²) in [5.74, 6) is -0.409. The number of rotatable bonds is 6. The van der Waals surface area contributed by atoms with Crippen LogP contribution in [0.5, 0.6) is 0 Å². The van der Waals surface area contributed by atoms with E-state index < -0.39 is 6.04 Å². The summed E-state index contributed by atoms with van der Waals surface area (Å²) in [6.07, 6.45) is 8.68. The zero-order valence-corrected chi connectivity index (χ0v) is 19.3. The lowest BCUT2D eigenvalue weighted by molar-refractivity contribution is -0.123. The van der Waals surface area contributed by atoms with Crippen molar-refractivity contribution in [3.05, 3.63) is 76.0 Å². The van der Waals surface area contributed by atoms with E-state index in [0.29, 0.717) is 16.3 Å². The van der Waals surface area contributed by atoms with Crippen LogP contribution < -0.4 is 10.2 Å². The number of nitrogens with zero attached hydrogens (tertiary/aromatic N) is 3. The van der Waals surface area contributed by atoms with Crippen LogP contribution >= 0.6 is 11.3 Å². The normalized spacial score (nSPS) is 15.2. The van der Waals surface area contributed by atoms with E-state index in [0.717, 1.165) is 36.3 Å².